The maximum absolute atomic E-state index is 10.7. The van der Waals surface area contributed by atoms with E-state index in [4.69, 9.17) is 0 Å². The number of ether oxygens (including phenoxy) is 1. The minimum absolute atomic E-state index is 0.148. The molecule has 0 amide bonds. The zero-order valence-corrected chi connectivity index (χ0v) is 9.09. The number of carbonyl (C=O) groups is 1. The number of nitrogens with one attached hydrogen (secondary N) is 1. The maximum Gasteiger partial charge on any atom is 0.306 e. The van der Waals surface area contributed by atoms with Crippen LogP contribution in [0.2, 0.25) is 0 Å². The summed E-state index contributed by atoms with van der Waals surface area (Å²) in [6.07, 6.45) is 0.460. The molecule has 78 valence electrons. The SMILES string of the molecule is COC(=O)CCNCC(C)C(C)C. The van der Waals surface area contributed by atoms with Gasteiger partial charge < -0.3 is 10.1 Å². The number of hydrogen-bond acceptors (Lipinski definition) is 3. The van der Waals surface area contributed by atoms with Crippen molar-refractivity contribution in [1.82, 2.24) is 5.32 Å². The molecule has 0 aromatic carbocycles. The molecule has 0 fully saturated rings. The molecule has 0 rings (SSSR count). The van der Waals surface area contributed by atoms with Crippen LogP contribution in [0.25, 0.3) is 0 Å². The van der Waals surface area contributed by atoms with Crippen LogP contribution in [0.3, 0.4) is 0 Å². The van der Waals surface area contributed by atoms with Crippen molar-refractivity contribution in [3.8, 4) is 0 Å². The smallest absolute Gasteiger partial charge is 0.306 e. The first-order chi connectivity index (χ1) is 6.07. The van der Waals surface area contributed by atoms with Crippen molar-refractivity contribution < 1.29 is 9.53 Å². The summed E-state index contributed by atoms with van der Waals surface area (Å²) in [6, 6.07) is 0. The Morgan fingerprint density at radius 3 is 2.46 bits per heavy atom. The Morgan fingerprint density at radius 2 is 2.00 bits per heavy atom. The topological polar surface area (TPSA) is 38.3 Å². The first kappa shape index (κ1) is 12.4. The number of methoxy groups -OCH3 is 1. The van der Waals surface area contributed by atoms with Crippen LogP contribution in [0.1, 0.15) is 27.2 Å². The van der Waals surface area contributed by atoms with E-state index >= 15 is 0 Å². The summed E-state index contributed by atoms with van der Waals surface area (Å²) >= 11 is 0. The lowest BCUT2D eigenvalue weighted by atomic mass is 9.98. The van der Waals surface area contributed by atoms with Gasteiger partial charge in [-0.05, 0) is 18.4 Å². The van der Waals surface area contributed by atoms with E-state index < -0.39 is 0 Å². The van der Waals surface area contributed by atoms with Gasteiger partial charge in [-0.3, -0.25) is 4.79 Å². The van der Waals surface area contributed by atoms with Gasteiger partial charge in [-0.15, -0.1) is 0 Å². The van der Waals surface area contributed by atoms with Gasteiger partial charge in [0, 0.05) is 6.54 Å². The third kappa shape index (κ3) is 6.58. The van der Waals surface area contributed by atoms with Gasteiger partial charge in [0.25, 0.3) is 0 Å². The maximum atomic E-state index is 10.7. The van der Waals surface area contributed by atoms with Gasteiger partial charge in [-0.25, -0.2) is 0 Å². The summed E-state index contributed by atoms with van der Waals surface area (Å²) in [7, 11) is 1.42. The zero-order valence-electron chi connectivity index (χ0n) is 9.09. The third-order valence-corrected chi connectivity index (χ3v) is 2.34. The molecule has 0 aliphatic heterocycles. The molecule has 0 aromatic rings. The zero-order chi connectivity index (χ0) is 10.3. The number of esters is 1. The first-order valence-corrected chi connectivity index (χ1v) is 4.85. The molecule has 0 aromatic heterocycles. The normalized spacial score (nSPS) is 13.0. The molecule has 0 heterocycles. The van der Waals surface area contributed by atoms with Gasteiger partial charge in [0.05, 0.1) is 13.5 Å². The standard InChI is InChI=1S/C10H21NO2/c1-8(2)9(3)7-11-6-5-10(12)13-4/h8-9,11H,5-7H2,1-4H3. The molecule has 0 radical (unpaired) electrons. The average molecular weight is 187 g/mol. The minimum Gasteiger partial charge on any atom is -0.469 e. The molecule has 3 nitrogen and oxygen atoms in total. The Morgan fingerprint density at radius 1 is 1.38 bits per heavy atom. The Hall–Kier alpha value is -0.570. The Balaban J connectivity index is 3.30. The average Bonchev–Trinajstić information content (AvgIpc) is 2.11. The van der Waals surface area contributed by atoms with Crippen LogP contribution >= 0.6 is 0 Å². The Bertz CT molecular complexity index is 146. The fraction of sp³-hybridized carbons (Fsp3) is 0.900. The van der Waals surface area contributed by atoms with Crippen LogP contribution in [-0.4, -0.2) is 26.2 Å². The Labute approximate surface area is 80.8 Å². The van der Waals surface area contributed by atoms with Gasteiger partial charge >= 0.3 is 5.97 Å². The molecule has 13 heavy (non-hydrogen) atoms. The second kappa shape index (κ2) is 6.89. The van der Waals surface area contributed by atoms with Gasteiger partial charge in [-0.1, -0.05) is 20.8 Å². The predicted molar refractivity (Wildman–Crippen MR) is 53.5 cm³/mol. The van der Waals surface area contributed by atoms with Gasteiger partial charge in [0.15, 0.2) is 0 Å². The molecular formula is C10H21NO2. The van der Waals surface area contributed by atoms with E-state index in [1.165, 1.54) is 7.11 Å². The van der Waals surface area contributed by atoms with E-state index in [0.29, 0.717) is 24.8 Å². The van der Waals surface area contributed by atoms with Crippen molar-refractivity contribution in [2.75, 3.05) is 20.2 Å². The van der Waals surface area contributed by atoms with Crippen LogP contribution in [0, 0.1) is 11.8 Å². The van der Waals surface area contributed by atoms with Crippen LogP contribution in [-0.2, 0) is 9.53 Å². The van der Waals surface area contributed by atoms with Gasteiger partial charge in [0.1, 0.15) is 0 Å². The van der Waals surface area contributed by atoms with Crippen LogP contribution in [0.4, 0.5) is 0 Å². The number of rotatable bonds is 6. The van der Waals surface area contributed by atoms with E-state index in [2.05, 4.69) is 30.8 Å². The molecule has 1 N–H and O–H groups in total. The molecule has 1 atom stereocenters. The molecule has 0 spiro atoms. The third-order valence-electron chi connectivity index (χ3n) is 2.34. The molecule has 1 unspecified atom stereocenters. The summed E-state index contributed by atoms with van der Waals surface area (Å²) in [5, 5.41) is 3.23. The fourth-order valence-electron chi connectivity index (χ4n) is 0.858. The van der Waals surface area contributed by atoms with E-state index in [1.54, 1.807) is 0 Å². The second-order valence-electron chi connectivity index (χ2n) is 3.75. The summed E-state index contributed by atoms with van der Waals surface area (Å²) in [5.74, 6) is 1.19. The summed E-state index contributed by atoms with van der Waals surface area (Å²) in [4.78, 5) is 10.7. The second-order valence-corrected chi connectivity index (χ2v) is 3.75. The molecular weight excluding hydrogens is 166 g/mol. The van der Waals surface area contributed by atoms with Crippen molar-refractivity contribution in [3.63, 3.8) is 0 Å². The van der Waals surface area contributed by atoms with E-state index in [9.17, 15) is 4.79 Å². The van der Waals surface area contributed by atoms with E-state index in [0.717, 1.165) is 6.54 Å². The Kier molecular flexibility index (Phi) is 6.59. The first-order valence-electron chi connectivity index (χ1n) is 4.85. The largest absolute Gasteiger partial charge is 0.469 e. The molecule has 0 aliphatic carbocycles. The molecule has 0 bridgehead atoms. The number of hydrogen-bond donors (Lipinski definition) is 1. The number of carbonyl (C=O) groups excluding carboxylic acids is 1. The minimum atomic E-state index is -0.148. The molecule has 0 aliphatic rings. The van der Waals surface area contributed by atoms with Gasteiger partial charge in [-0.2, -0.15) is 0 Å². The van der Waals surface area contributed by atoms with Gasteiger partial charge in [0.2, 0.25) is 0 Å². The highest BCUT2D eigenvalue weighted by Crippen LogP contribution is 2.07. The molecule has 0 saturated heterocycles. The van der Waals surface area contributed by atoms with Crippen molar-refractivity contribution >= 4 is 5.97 Å². The summed E-state index contributed by atoms with van der Waals surface area (Å²) < 4.78 is 4.53. The summed E-state index contributed by atoms with van der Waals surface area (Å²) in [5.41, 5.74) is 0. The fourth-order valence-corrected chi connectivity index (χ4v) is 0.858. The lowest BCUT2D eigenvalue weighted by Gasteiger charge is -2.15. The lowest BCUT2D eigenvalue weighted by Crippen LogP contribution is -2.26. The van der Waals surface area contributed by atoms with Crippen molar-refractivity contribution in [3.05, 3.63) is 0 Å². The van der Waals surface area contributed by atoms with Crippen molar-refractivity contribution in [1.29, 1.82) is 0 Å². The summed E-state index contributed by atoms with van der Waals surface area (Å²) in [6.45, 7) is 8.29. The van der Waals surface area contributed by atoms with Crippen LogP contribution in [0.5, 0.6) is 0 Å². The molecule has 0 saturated carbocycles. The van der Waals surface area contributed by atoms with Crippen molar-refractivity contribution in [2.24, 2.45) is 11.8 Å². The highest BCUT2D eigenvalue weighted by atomic mass is 16.5. The van der Waals surface area contributed by atoms with Crippen LogP contribution in [0.15, 0.2) is 0 Å². The van der Waals surface area contributed by atoms with Crippen LogP contribution < -0.4 is 5.32 Å². The van der Waals surface area contributed by atoms with E-state index in [-0.39, 0.29) is 5.97 Å². The quantitative estimate of drug-likeness (QED) is 0.505. The monoisotopic (exact) mass is 187 g/mol. The highest BCUT2D eigenvalue weighted by molar-refractivity contribution is 5.69. The predicted octanol–water partition coefficient (Wildman–Crippen LogP) is 1.43. The van der Waals surface area contributed by atoms with Crippen molar-refractivity contribution in [2.45, 2.75) is 27.2 Å². The highest BCUT2D eigenvalue weighted by Gasteiger charge is 2.06. The van der Waals surface area contributed by atoms with E-state index in [1.807, 2.05) is 0 Å². The molecule has 3 heteroatoms. The lowest BCUT2D eigenvalue weighted by molar-refractivity contribution is -0.140.